The standard InChI is InChI=1S/C23H34N6S.HI/c1-5-24-23(28(3)18-19-6-9-21(30-4)10-7-19)26-17-20-8-11-22(25-16-20)29-14-12-27(2)13-15-29;/h6-11,16H,5,12-15,17-18H2,1-4H3,(H,24,26);1H. The van der Waals surface area contributed by atoms with E-state index in [9.17, 15) is 0 Å². The smallest absolute Gasteiger partial charge is 0.194 e. The lowest BCUT2D eigenvalue weighted by Crippen LogP contribution is -2.44. The Labute approximate surface area is 208 Å². The van der Waals surface area contributed by atoms with Crippen molar-refractivity contribution >= 4 is 47.5 Å². The molecule has 1 aromatic heterocycles. The van der Waals surface area contributed by atoms with E-state index in [-0.39, 0.29) is 24.0 Å². The third kappa shape index (κ3) is 7.84. The third-order valence-corrected chi connectivity index (χ3v) is 6.07. The van der Waals surface area contributed by atoms with E-state index in [2.05, 4.69) is 88.7 Å². The molecule has 31 heavy (non-hydrogen) atoms. The number of pyridine rings is 1. The van der Waals surface area contributed by atoms with Gasteiger partial charge in [-0.3, -0.25) is 0 Å². The second-order valence-electron chi connectivity index (χ2n) is 7.69. The van der Waals surface area contributed by atoms with E-state index < -0.39 is 0 Å². The Hall–Kier alpha value is -1.52. The molecule has 1 aliphatic rings. The van der Waals surface area contributed by atoms with Gasteiger partial charge in [-0.2, -0.15) is 0 Å². The molecule has 0 atom stereocenters. The summed E-state index contributed by atoms with van der Waals surface area (Å²) in [5, 5.41) is 3.40. The van der Waals surface area contributed by atoms with Gasteiger partial charge in [0, 0.05) is 57.4 Å². The highest BCUT2D eigenvalue weighted by Crippen LogP contribution is 2.16. The van der Waals surface area contributed by atoms with E-state index in [1.165, 1.54) is 10.5 Å². The van der Waals surface area contributed by atoms with Crippen molar-refractivity contribution in [2.45, 2.75) is 24.9 Å². The maximum absolute atomic E-state index is 4.83. The van der Waals surface area contributed by atoms with Crippen LogP contribution in [0.5, 0.6) is 0 Å². The van der Waals surface area contributed by atoms with Crippen molar-refractivity contribution in [1.29, 1.82) is 0 Å². The van der Waals surface area contributed by atoms with Crippen molar-refractivity contribution in [3.63, 3.8) is 0 Å². The Morgan fingerprint density at radius 1 is 1.10 bits per heavy atom. The molecule has 0 spiro atoms. The van der Waals surface area contributed by atoms with E-state index in [1.54, 1.807) is 11.8 Å². The molecule has 0 unspecified atom stereocenters. The van der Waals surface area contributed by atoms with E-state index in [0.717, 1.165) is 56.6 Å². The van der Waals surface area contributed by atoms with Crippen molar-refractivity contribution in [1.82, 2.24) is 20.1 Å². The largest absolute Gasteiger partial charge is 0.357 e. The monoisotopic (exact) mass is 554 g/mol. The van der Waals surface area contributed by atoms with Crippen LogP contribution in [0.4, 0.5) is 5.82 Å². The molecule has 1 fully saturated rings. The summed E-state index contributed by atoms with van der Waals surface area (Å²) in [4.78, 5) is 17.7. The number of rotatable bonds is 7. The van der Waals surface area contributed by atoms with Gasteiger partial charge >= 0.3 is 0 Å². The number of benzene rings is 1. The highest BCUT2D eigenvalue weighted by molar-refractivity contribution is 14.0. The number of thioether (sulfide) groups is 1. The van der Waals surface area contributed by atoms with Crippen LogP contribution in [0.2, 0.25) is 0 Å². The maximum Gasteiger partial charge on any atom is 0.194 e. The Morgan fingerprint density at radius 2 is 1.77 bits per heavy atom. The van der Waals surface area contributed by atoms with Crippen LogP contribution in [0.1, 0.15) is 18.1 Å². The quantitative estimate of drug-likeness (QED) is 0.244. The van der Waals surface area contributed by atoms with Crippen LogP contribution in [-0.4, -0.2) is 73.8 Å². The van der Waals surface area contributed by atoms with E-state index >= 15 is 0 Å². The summed E-state index contributed by atoms with van der Waals surface area (Å²) < 4.78 is 0. The molecule has 0 amide bonds. The molecule has 2 aromatic rings. The fourth-order valence-electron chi connectivity index (χ4n) is 3.45. The maximum atomic E-state index is 4.83. The summed E-state index contributed by atoms with van der Waals surface area (Å²) in [6, 6.07) is 13.0. The van der Waals surface area contributed by atoms with Crippen molar-refractivity contribution in [2.75, 3.05) is 58.0 Å². The molecule has 8 heteroatoms. The fourth-order valence-corrected chi connectivity index (χ4v) is 3.86. The van der Waals surface area contributed by atoms with Crippen molar-refractivity contribution < 1.29 is 0 Å². The zero-order chi connectivity index (χ0) is 21.3. The molecule has 2 heterocycles. The number of piperazine rings is 1. The second-order valence-corrected chi connectivity index (χ2v) is 8.57. The summed E-state index contributed by atoms with van der Waals surface area (Å²) in [7, 11) is 4.25. The minimum atomic E-state index is 0. The fraction of sp³-hybridized carbons (Fsp3) is 0.478. The number of anilines is 1. The van der Waals surface area contributed by atoms with Gasteiger partial charge in [0.2, 0.25) is 0 Å². The molecular formula is C23H35IN6S. The molecular weight excluding hydrogens is 519 g/mol. The topological polar surface area (TPSA) is 47.0 Å². The summed E-state index contributed by atoms with van der Waals surface area (Å²) in [6.07, 6.45) is 4.06. The highest BCUT2D eigenvalue weighted by atomic mass is 127. The molecule has 1 N–H and O–H groups in total. The first kappa shape index (κ1) is 25.7. The van der Waals surface area contributed by atoms with Gasteiger partial charge < -0.3 is 20.0 Å². The van der Waals surface area contributed by atoms with Crippen molar-refractivity contribution in [3.8, 4) is 0 Å². The molecule has 3 rings (SSSR count). The Balaban J connectivity index is 0.00000341. The van der Waals surface area contributed by atoms with E-state index in [0.29, 0.717) is 6.54 Å². The van der Waals surface area contributed by atoms with Gasteiger partial charge in [0.05, 0.1) is 6.54 Å². The molecule has 1 aromatic carbocycles. The number of guanidine groups is 1. The first-order valence-electron chi connectivity index (χ1n) is 10.6. The average Bonchev–Trinajstić information content (AvgIpc) is 2.78. The van der Waals surface area contributed by atoms with Gasteiger partial charge in [0.15, 0.2) is 5.96 Å². The van der Waals surface area contributed by atoms with Crippen LogP contribution in [0.15, 0.2) is 52.5 Å². The Kier molecular flexibility index (Phi) is 10.9. The number of aliphatic imine (C=N–C) groups is 1. The first-order valence-corrected chi connectivity index (χ1v) is 11.8. The summed E-state index contributed by atoms with van der Waals surface area (Å²) in [5.41, 5.74) is 2.40. The van der Waals surface area contributed by atoms with Gasteiger partial charge in [-0.1, -0.05) is 18.2 Å². The lowest BCUT2D eigenvalue weighted by molar-refractivity contribution is 0.312. The number of likely N-dealkylation sites (N-methyl/N-ethyl adjacent to an activating group) is 1. The molecule has 0 aliphatic carbocycles. The third-order valence-electron chi connectivity index (χ3n) is 5.32. The number of aromatic nitrogens is 1. The predicted octanol–water partition coefficient (Wildman–Crippen LogP) is 3.77. The van der Waals surface area contributed by atoms with Crippen LogP contribution >= 0.6 is 35.7 Å². The van der Waals surface area contributed by atoms with Crippen LogP contribution in [0, 0.1) is 0 Å². The lowest BCUT2D eigenvalue weighted by Gasteiger charge is -2.33. The van der Waals surface area contributed by atoms with E-state index in [1.807, 2.05) is 6.20 Å². The normalized spacial score (nSPS) is 14.8. The SMILES string of the molecule is CCNC(=NCc1ccc(N2CCN(C)CC2)nc1)N(C)Cc1ccc(SC)cc1.I. The lowest BCUT2D eigenvalue weighted by atomic mass is 10.2. The van der Waals surface area contributed by atoms with Gasteiger partial charge in [0.25, 0.3) is 0 Å². The molecule has 6 nitrogen and oxygen atoms in total. The highest BCUT2D eigenvalue weighted by Gasteiger charge is 2.15. The first-order chi connectivity index (χ1) is 14.6. The number of hydrogen-bond donors (Lipinski definition) is 1. The molecule has 0 bridgehead atoms. The van der Waals surface area contributed by atoms with Crippen LogP contribution < -0.4 is 10.2 Å². The number of halogens is 1. The predicted molar refractivity (Wildman–Crippen MR) is 144 cm³/mol. The number of nitrogens with one attached hydrogen (secondary N) is 1. The minimum Gasteiger partial charge on any atom is -0.357 e. The van der Waals surface area contributed by atoms with Crippen LogP contribution in [0.3, 0.4) is 0 Å². The van der Waals surface area contributed by atoms with Gasteiger partial charge in [0.1, 0.15) is 5.82 Å². The van der Waals surface area contributed by atoms with Crippen molar-refractivity contribution in [2.24, 2.45) is 4.99 Å². The van der Waals surface area contributed by atoms with Crippen LogP contribution in [-0.2, 0) is 13.1 Å². The van der Waals surface area contributed by atoms with Gasteiger partial charge in [-0.15, -0.1) is 35.7 Å². The average molecular weight is 555 g/mol. The number of hydrogen-bond acceptors (Lipinski definition) is 5. The summed E-state index contributed by atoms with van der Waals surface area (Å²) >= 11 is 1.77. The zero-order valence-corrected chi connectivity index (χ0v) is 22.2. The Bertz CT molecular complexity index is 804. The van der Waals surface area contributed by atoms with Crippen molar-refractivity contribution in [3.05, 3.63) is 53.7 Å². The molecule has 0 radical (unpaired) electrons. The molecule has 1 saturated heterocycles. The number of nitrogens with zero attached hydrogens (tertiary/aromatic N) is 5. The van der Waals surface area contributed by atoms with Gasteiger partial charge in [-0.25, -0.2) is 9.98 Å². The minimum absolute atomic E-state index is 0. The summed E-state index contributed by atoms with van der Waals surface area (Å²) in [5.74, 6) is 1.98. The molecule has 1 aliphatic heterocycles. The molecule has 0 saturated carbocycles. The zero-order valence-electron chi connectivity index (χ0n) is 19.0. The Morgan fingerprint density at radius 3 is 2.35 bits per heavy atom. The molecule has 170 valence electrons. The second kappa shape index (κ2) is 13.1. The van der Waals surface area contributed by atoms with Gasteiger partial charge in [-0.05, 0) is 49.6 Å². The van der Waals surface area contributed by atoms with E-state index in [4.69, 9.17) is 4.99 Å². The van der Waals surface area contributed by atoms with Crippen LogP contribution in [0.25, 0.3) is 0 Å². The summed E-state index contributed by atoms with van der Waals surface area (Å²) in [6.45, 7) is 8.63.